The molecule has 0 saturated heterocycles. The summed E-state index contributed by atoms with van der Waals surface area (Å²) >= 11 is 1.67. The van der Waals surface area contributed by atoms with Crippen LogP contribution in [0.5, 0.6) is 0 Å². The molecule has 0 aliphatic heterocycles. The van der Waals surface area contributed by atoms with Crippen molar-refractivity contribution in [3.8, 4) is 0 Å². The molecule has 0 saturated carbocycles. The molecule has 1 unspecified atom stereocenters. The quantitative estimate of drug-likeness (QED) is 0.446. The molecular formula is C19H20O2S. The Morgan fingerprint density at radius 3 is 2.41 bits per heavy atom. The summed E-state index contributed by atoms with van der Waals surface area (Å²) < 4.78 is 5.39. The summed E-state index contributed by atoms with van der Waals surface area (Å²) in [5.74, 6) is 0. The summed E-state index contributed by atoms with van der Waals surface area (Å²) in [5.41, 5.74) is 1.96. The summed E-state index contributed by atoms with van der Waals surface area (Å²) in [6.45, 7) is 2.27. The van der Waals surface area contributed by atoms with Gasteiger partial charge in [-0.25, -0.2) is 0 Å². The van der Waals surface area contributed by atoms with Gasteiger partial charge < -0.3 is 9.84 Å². The lowest BCUT2D eigenvalue weighted by Crippen LogP contribution is -2.04. The van der Waals surface area contributed by atoms with Gasteiger partial charge in [-0.05, 0) is 41.7 Å². The van der Waals surface area contributed by atoms with Gasteiger partial charge in [0.05, 0.1) is 6.26 Å². The maximum atomic E-state index is 9.96. The van der Waals surface area contributed by atoms with Gasteiger partial charge in [0, 0.05) is 4.90 Å². The largest absolute Gasteiger partial charge is 0.498 e. The van der Waals surface area contributed by atoms with E-state index in [2.05, 4.69) is 17.5 Å². The summed E-state index contributed by atoms with van der Waals surface area (Å²) in [6, 6.07) is 19.7. The van der Waals surface area contributed by atoms with E-state index < -0.39 is 6.10 Å². The molecule has 114 valence electrons. The van der Waals surface area contributed by atoms with E-state index >= 15 is 0 Å². The summed E-state index contributed by atoms with van der Waals surface area (Å²) in [5, 5.41) is 12.0. The van der Waals surface area contributed by atoms with E-state index in [4.69, 9.17) is 4.74 Å². The highest BCUT2D eigenvalue weighted by atomic mass is 32.2. The van der Waals surface area contributed by atoms with Crippen LogP contribution in [0.3, 0.4) is 0 Å². The van der Waals surface area contributed by atoms with Crippen LogP contribution in [0.2, 0.25) is 0 Å². The molecule has 2 aromatic rings. The average molecular weight is 312 g/mol. The van der Waals surface area contributed by atoms with Crippen LogP contribution in [-0.4, -0.2) is 11.7 Å². The van der Waals surface area contributed by atoms with Gasteiger partial charge in [0.1, 0.15) is 12.7 Å². The number of allylic oxidation sites excluding steroid dienone is 2. The monoisotopic (exact) mass is 312 g/mol. The topological polar surface area (TPSA) is 29.5 Å². The van der Waals surface area contributed by atoms with Crippen molar-refractivity contribution in [1.29, 1.82) is 0 Å². The first-order chi connectivity index (χ1) is 10.8. The lowest BCUT2D eigenvalue weighted by molar-refractivity contribution is 0.0842. The van der Waals surface area contributed by atoms with Gasteiger partial charge in [0.15, 0.2) is 0 Å². The van der Waals surface area contributed by atoms with Gasteiger partial charge >= 0.3 is 0 Å². The Bertz CT molecular complexity index is 606. The fraction of sp³-hybridized carbons (Fsp3) is 0.158. The van der Waals surface area contributed by atoms with Crippen molar-refractivity contribution in [2.75, 3.05) is 6.61 Å². The molecule has 22 heavy (non-hydrogen) atoms. The van der Waals surface area contributed by atoms with Crippen LogP contribution in [0.25, 0.3) is 0 Å². The maximum Gasteiger partial charge on any atom is 0.117 e. The Kier molecular flexibility index (Phi) is 6.81. The van der Waals surface area contributed by atoms with Crippen LogP contribution >= 0.6 is 11.8 Å². The number of aliphatic hydroxyl groups is 1. The number of aliphatic hydroxyl groups excluding tert-OH is 1. The van der Waals surface area contributed by atoms with Crippen molar-refractivity contribution < 1.29 is 9.84 Å². The van der Waals surface area contributed by atoms with Crippen LogP contribution in [0.4, 0.5) is 0 Å². The van der Waals surface area contributed by atoms with Crippen LogP contribution < -0.4 is 0 Å². The van der Waals surface area contributed by atoms with E-state index in [1.54, 1.807) is 18.0 Å². The Labute approximate surface area is 136 Å². The van der Waals surface area contributed by atoms with Gasteiger partial charge in [0.25, 0.3) is 0 Å². The van der Waals surface area contributed by atoms with Gasteiger partial charge in [-0.3, -0.25) is 0 Å². The van der Waals surface area contributed by atoms with Crippen LogP contribution in [0.1, 0.15) is 18.6 Å². The number of rotatable bonds is 7. The molecule has 0 aliphatic rings. The first-order valence-corrected chi connectivity index (χ1v) is 8.03. The molecule has 0 aliphatic carbocycles. The Morgan fingerprint density at radius 1 is 1.09 bits per heavy atom. The van der Waals surface area contributed by atoms with E-state index in [1.807, 2.05) is 61.5 Å². The highest BCUT2D eigenvalue weighted by Crippen LogP contribution is 2.20. The third-order valence-electron chi connectivity index (χ3n) is 2.99. The zero-order chi connectivity index (χ0) is 15.6. The number of ether oxygens (including phenoxy) is 1. The number of benzene rings is 2. The molecule has 2 aromatic carbocycles. The molecular weight excluding hydrogens is 292 g/mol. The minimum absolute atomic E-state index is 0.250. The molecule has 1 N–H and O–H groups in total. The molecule has 2 nitrogen and oxygen atoms in total. The third-order valence-corrected chi connectivity index (χ3v) is 4.02. The van der Waals surface area contributed by atoms with E-state index in [9.17, 15) is 5.11 Å². The van der Waals surface area contributed by atoms with Gasteiger partial charge in [0.2, 0.25) is 0 Å². The first-order valence-electron chi connectivity index (χ1n) is 7.15. The molecule has 2 rings (SSSR count). The van der Waals surface area contributed by atoms with Crippen LogP contribution in [-0.2, 0) is 4.74 Å². The fourth-order valence-electron chi connectivity index (χ4n) is 1.77. The highest BCUT2D eigenvalue weighted by molar-refractivity contribution is 8.02. The summed E-state index contributed by atoms with van der Waals surface area (Å²) in [6.07, 6.45) is 2.92. The minimum atomic E-state index is -0.603. The SMILES string of the molecule is CC(/C=C/OCC(O)c1ccccc1)=C\Sc1ccccc1. The Hall–Kier alpha value is -1.97. The first kappa shape index (κ1) is 16.4. The standard InChI is InChI=1S/C19H20O2S/c1-16(15-22-18-10-6-3-7-11-18)12-13-21-14-19(20)17-8-4-2-5-9-17/h2-13,15,19-20H,14H2,1H3/b13-12+,16-15+. The molecule has 1 atom stereocenters. The van der Waals surface area contributed by atoms with E-state index in [-0.39, 0.29) is 6.61 Å². The van der Waals surface area contributed by atoms with Crippen LogP contribution in [0, 0.1) is 0 Å². The van der Waals surface area contributed by atoms with E-state index in [0.717, 1.165) is 11.1 Å². The molecule has 0 spiro atoms. The van der Waals surface area contributed by atoms with Gasteiger partial charge in [-0.2, -0.15) is 0 Å². The lowest BCUT2D eigenvalue weighted by atomic mass is 10.1. The van der Waals surface area contributed by atoms with Crippen molar-refractivity contribution in [3.63, 3.8) is 0 Å². The van der Waals surface area contributed by atoms with Gasteiger partial charge in [-0.1, -0.05) is 60.3 Å². The molecule has 0 heterocycles. The summed E-state index contributed by atoms with van der Waals surface area (Å²) in [7, 11) is 0. The zero-order valence-corrected chi connectivity index (χ0v) is 13.4. The number of thioether (sulfide) groups is 1. The molecule has 0 radical (unpaired) electrons. The van der Waals surface area contributed by atoms with E-state index in [1.165, 1.54) is 4.90 Å². The van der Waals surface area contributed by atoms with Crippen molar-refractivity contribution >= 4 is 11.8 Å². The Morgan fingerprint density at radius 2 is 1.73 bits per heavy atom. The zero-order valence-electron chi connectivity index (χ0n) is 12.6. The van der Waals surface area contributed by atoms with Crippen molar-refractivity contribution in [3.05, 3.63) is 89.5 Å². The fourth-order valence-corrected chi connectivity index (χ4v) is 2.49. The molecule has 0 fully saturated rings. The van der Waals surface area contributed by atoms with Crippen molar-refractivity contribution in [2.24, 2.45) is 0 Å². The maximum absolute atomic E-state index is 9.96. The average Bonchev–Trinajstić information content (AvgIpc) is 2.58. The third kappa shape index (κ3) is 5.80. The predicted molar refractivity (Wildman–Crippen MR) is 92.5 cm³/mol. The van der Waals surface area contributed by atoms with Crippen LogP contribution in [0.15, 0.2) is 88.9 Å². The van der Waals surface area contributed by atoms with E-state index in [0.29, 0.717) is 0 Å². The molecule has 0 aromatic heterocycles. The number of hydrogen-bond acceptors (Lipinski definition) is 3. The second kappa shape index (κ2) is 9.13. The molecule has 3 heteroatoms. The smallest absolute Gasteiger partial charge is 0.117 e. The highest BCUT2D eigenvalue weighted by Gasteiger charge is 2.05. The molecule has 0 amide bonds. The number of hydrogen-bond donors (Lipinski definition) is 1. The lowest BCUT2D eigenvalue weighted by Gasteiger charge is -2.09. The molecule has 0 bridgehead atoms. The predicted octanol–water partition coefficient (Wildman–Crippen LogP) is 4.95. The minimum Gasteiger partial charge on any atom is -0.498 e. The second-order valence-corrected chi connectivity index (χ2v) is 5.80. The second-order valence-electron chi connectivity index (χ2n) is 4.86. The summed E-state index contributed by atoms with van der Waals surface area (Å²) in [4.78, 5) is 1.20. The van der Waals surface area contributed by atoms with Crippen molar-refractivity contribution in [1.82, 2.24) is 0 Å². The van der Waals surface area contributed by atoms with Gasteiger partial charge in [-0.15, -0.1) is 0 Å². The Balaban J connectivity index is 1.75. The van der Waals surface area contributed by atoms with Crippen molar-refractivity contribution in [2.45, 2.75) is 17.9 Å². The normalized spacial score (nSPS) is 13.3.